The van der Waals surface area contributed by atoms with E-state index in [4.69, 9.17) is 5.26 Å². The largest absolute Gasteiger partial charge is 0.340 e. The second kappa shape index (κ2) is 6.31. The fraction of sp³-hybridized carbons (Fsp3) is 0.385. The number of nitriles is 1. The van der Waals surface area contributed by atoms with Crippen LogP contribution in [0.1, 0.15) is 17.3 Å². The van der Waals surface area contributed by atoms with Gasteiger partial charge in [0, 0.05) is 18.5 Å². The predicted molar refractivity (Wildman–Crippen MR) is 70.0 cm³/mol. The maximum Gasteiger partial charge on any atom is 0.254 e. The minimum absolute atomic E-state index is 0.0305. The molecule has 0 fully saturated rings. The topological polar surface area (TPSA) is 44.1 Å². The molecule has 1 amide bonds. The van der Waals surface area contributed by atoms with Crippen molar-refractivity contribution in [3.8, 4) is 6.07 Å². The Bertz CT molecular complexity index is 439. The van der Waals surface area contributed by atoms with Crippen LogP contribution in [0.15, 0.2) is 29.2 Å². The smallest absolute Gasteiger partial charge is 0.254 e. The van der Waals surface area contributed by atoms with Crippen molar-refractivity contribution >= 4 is 17.7 Å². The van der Waals surface area contributed by atoms with Gasteiger partial charge in [-0.15, -0.1) is 11.8 Å². The number of carbonyl (C=O) groups excluding carboxylic acids is 1. The van der Waals surface area contributed by atoms with Crippen LogP contribution in [0.25, 0.3) is 0 Å². The first-order valence-electron chi connectivity index (χ1n) is 5.38. The van der Waals surface area contributed by atoms with E-state index in [1.165, 1.54) is 0 Å². The summed E-state index contributed by atoms with van der Waals surface area (Å²) in [4.78, 5) is 14.7. The summed E-state index contributed by atoms with van der Waals surface area (Å²) in [6.07, 6.45) is 1.95. The fourth-order valence-corrected chi connectivity index (χ4v) is 2.15. The Morgan fingerprint density at radius 2 is 2.18 bits per heavy atom. The molecule has 1 unspecified atom stereocenters. The zero-order valence-electron chi connectivity index (χ0n) is 10.3. The SMILES string of the molecule is CSc1ccccc1C(=O)N(C)CC(C)C#N. The number of hydrogen-bond acceptors (Lipinski definition) is 3. The predicted octanol–water partition coefficient (Wildman–Crippen LogP) is 2.64. The van der Waals surface area contributed by atoms with Gasteiger partial charge in [0.1, 0.15) is 0 Å². The zero-order chi connectivity index (χ0) is 12.8. The van der Waals surface area contributed by atoms with Crippen LogP contribution in [-0.4, -0.2) is 30.7 Å². The Morgan fingerprint density at radius 1 is 1.53 bits per heavy atom. The molecule has 1 aromatic carbocycles. The number of amides is 1. The van der Waals surface area contributed by atoms with Gasteiger partial charge in [-0.05, 0) is 25.3 Å². The van der Waals surface area contributed by atoms with E-state index in [1.807, 2.05) is 37.4 Å². The standard InChI is InChI=1S/C13H16N2OS/c1-10(8-14)9-15(2)13(16)11-6-4-5-7-12(11)17-3/h4-7,10H,9H2,1-3H3. The van der Waals surface area contributed by atoms with Crippen LogP contribution in [0.5, 0.6) is 0 Å². The first-order chi connectivity index (χ1) is 8.10. The molecule has 0 aliphatic carbocycles. The van der Waals surface area contributed by atoms with E-state index in [0.717, 1.165) is 4.90 Å². The van der Waals surface area contributed by atoms with E-state index < -0.39 is 0 Å². The lowest BCUT2D eigenvalue weighted by Gasteiger charge is -2.19. The molecule has 0 saturated heterocycles. The van der Waals surface area contributed by atoms with Gasteiger partial charge in [0.15, 0.2) is 0 Å². The van der Waals surface area contributed by atoms with Crippen molar-refractivity contribution < 1.29 is 4.79 Å². The monoisotopic (exact) mass is 248 g/mol. The quantitative estimate of drug-likeness (QED) is 0.769. The number of rotatable bonds is 4. The number of thioether (sulfide) groups is 1. The molecular weight excluding hydrogens is 232 g/mol. The highest BCUT2D eigenvalue weighted by molar-refractivity contribution is 7.98. The first kappa shape index (κ1) is 13.6. The molecule has 90 valence electrons. The fourth-order valence-electron chi connectivity index (χ4n) is 1.56. The van der Waals surface area contributed by atoms with Crippen molar-refractivity contribution in [2.75, 3.05) is 19.8 Å². The molecule has 0 spiro atoms. The first-order valence-corrected chi connectivity index (χ1v) is 6.60. The summed E-state index contributed by atoms with van der Waals surface area (Å²) < 4.78 is 0. The van der Waals surface area contributed by atoms with Gasteiger partial charge in [0.25, 0.3) is 5.91 Å². The molecule has 0 radical (unpaired) electrons. The minimum Gasteiger partial charge on any atom is -0.340 e. The van der Waals surface area contributed by atoms with Crippen LogP contribution in [0.2, 0.25) is 0 Å². The Labute approximate surface area is 106 Å². The van der Waals surface area contributed by atoms with Crippen molar-refractivity contribution in [1.29, 1.82) is 5.26 Å². The van der Waals surface area contributed by atoms with Gasteiger partial charge < -0.3 is 4.90 Å². The van der Waals surface area contributed by atoms with E-state index in [2.05, 4.69) is 6.07 Å². The molecule has 4 heteroatoms. The zero-order valence-corrected chi connectivity index (χ0v) is 11.1. The van der Waals surface area contributed by atoms with Gasteiger partial charge in [0.2, 0.25) is 0 Å². The summed E-state index contributed by atoms with van der Waals surface area (Å²) >= 11 is 1.55. The molecule has 0 bridgehead atoms. The Kier molecular flexibility index (Phi) is 5.05. The minimum atomic E-state index is -0.148. The third-order valence-corrected chi connectivity index (χ3v) is 3.25. The molecule has 0 aliphatic rings. The van der Waals surface area contributed by atoms with Crippen LogP contribution in [-0.2, 0) is 0 Å². The van der Waals surface area contributed by atoms with Crippen molar-refractivity contribution in [3.05, 3.63) is 29.8 Å². The summed E-state index contributed by atoms with van der Waals surface area (Å²) in [7, 11) is 1.73. The lowest BCUT2D eigenvalue weighted by molar-refractivity contribution is 0.0781. The van der Waals surface area contributed by atoms with Gasteiger partial charge in [-0.1, -0.05) is 12.1 Å². The van der Waals surface area contributed by atoms with Gasteiger partial charge in [0.05, 0.1) is 17.6 Å². The summed E-state index contributed by atoms with van der Waals surface area (Å²) in [6, 6.07) is 9.66. The van der Waals surface area contributed by atoms with Crippen molar-refractivity contribution in [2.24, 2.45) is 5.92 Å². The van der Waals surface area contributed by atoms with Crippen LogP contribution in [0.3, 0.4) is 0 Å². The van der Waals surface area contributed by atoms with Crippen molar-refractivity contribution in [1.82, 2.24) is 4.90 Å². The Hall–Kier alpha value is -1.47. The van der Waals surface area contributed by atoms with Crippen LogP contribution >= 0.6 is 11.8 Å². The average Bonchev–Trinajstić information content (AvgIpc) is 2.37. The number of nitrogens with zero attached hydrogens (tertiary/aromatic N) is 2. The normalized spacial score (nSPS) is 11.6. The second-order valence-corrected chi connectivity index (χ2v) is 4.76. The van der Waals surface area contributed by atoms with Crippen LogP contribution < -0.4 is 0 Å². The van der Waals surface area contributed by atoms with Crippen LogP contribution in [0.4, 0.5) is 0 Å². The third kappa shape index (κ3) is 3.50. The van der Waals surface area contributed by atoms with Gasteiger partial charge in [-0.25, -0.2) is 0 Å². The van der Waals surface area contributed by atoms with Crippen molar-refractivity contribution in [2.45, 2.75) is 11.8 Å². The molecule has 3 nitrogen and oxygen atoms in total. The number of hydrogen-bond donors (Lipinski definition) is 0. The van der Waals surface area contributed by atoms with E-state index in [-0.39, 0.29) is 11.8 Å². The number of carbonyl (C=O) groups is 1. The molecule has 1 aromatic rings. The third-order valence-electron chi connectivity index (χ3n) is 2.45. The van der Waals surface area contributed by atoms with E-state index in [9.17, 15) is 4.79 Å². The van der Waals surface area contributed by atoms with Gasteiger partial charge in [-0.3, -0.25) is 4.79 Å². The lowest BCUT2D eigenvalue weighted by Crippen LogP contribution is -2.31. The van der Waals surface area contributed by atoms with Crippen molar-refractivity contribution in [3.63, 3.8) is 0 Å². The van der Waals surface area contributed by atoms with Crippen LogP contribution in [0, 0.1) is 17.2 Å². The molecular formula is C13H16N2OS. The highest BCUT2D eigenvalue weighted by Gasteiger charge is 2.16. The molecule has 0 aliphatic heterocycles. The highest BCUT2D eigenvalue weighted by atomic mass is 32.2. The molecule has 0 aromatic heterocycles. The molecule has 0 saturated carbocycles. The summed E-state index contributed by atoms with van der Waals surface area (Å²) in [6.45, 7) is 2.27. The van der Waals surface area contributed by atoms with Gasteiger partial charge >= 0.3 is 0 Å². The average molecular weight is 248 g/mol. The summed E-state index contributed by atoms with van der Waals surface area (Å²) in [5.41, 5.74) is 0.702. The molecule has 17 heavy (non-hydrogen) atoms. The molecule has 1 atom stereocenters. The summed E-state index contributed by atoms with van der Waals surface area (Å²) in [5.74, 6) is -0.178. The van der Waals surface area contributed by atoms with E-state index in [0.29, 0.717) is 12.1 Å². The van der Waals surface area contributed by atoms with Gasteiger partial charge in [-0.2, -0.15) is 5.26 Å². The maximum absolute atomic E-state index is 12.2. The highest BCUT2D eigenvalue weighted by Crippen LogP contribution is 2.21. The summed E-state index contributed by atoms with van der Waals surface area (Å²) in [5, 5.41) is 8.74. The lowest BCUT2D eigenvalue weighted by atomic mass is 10.1. The molecule has 0 N–H and O–H groups in total. The van der Waals surface area contributed by atoms with E-state index >= 15 is 0 Å². The molecule has 1 rings (SSSR count). The molecule has 0 heterocycles. The number of benzene rings is 1. The van der Waals surface area contributed by atoms with E-state index in [1.54, 1.807) is 23.7 Å². The second-order valence-electron chi connectivity index (χ2n) is 3.92. The Balaban J connectivity index is 2.86. The maximum atomic E-state index is 12.2. The Morgan fingerprint density at radius 3 is 2.76 bits per heavy atom.